The average Bonchev–Trinajstić information content (AvgIpc) is 2.56. The van der Waals surface area contributed by atoms with Crippen LogP contribution in [0.15, 0.2) is 22.7 Å². The van der Waals surface area contributed by atoms with Crippen molar-refractivity contribution in [2.75, 3.05) is 18.0 Å². The molecule has 17 heavy (non-hydrogen) atoms. The highest BCUT2D eigenvalue weighted by Crippen LogP contribution is 2.28. The van der Waals surface area contributed by atoms with Gasteiger partial charge < -0.3 is 10.6 Å². The molecule has 0 aliphatic carbocycles. The monoisotopic (exact) mass is 296 g/mol. The summed E-state index contributed by atoms with van der Waals surface area (Å²) in [5, 5.41) is 0. The summed E-state index contributed by atoms with van der Waals surface area (Å²) < 4.78 is 1.13. The first-order valence-electron chi connectivity index (χ1n) is 6.48. The second-order valence-corrected chi connectivity index (χ2v) is 5.75. The van der Waals surface area contributed by atoms with Gasteiger partial charge in [-0.1, -0.05) is 34.8 Å². The standard InChI is InChI=1S/C14H21BrN2/c1-11(16)13-7-6-12(10-14(13)15)17-8-4-2-3-5-9-17/h6-7,10-11H,2-5,8-9,16H2,1H3/t11-/m0/s1. The van der Waals surface area contributed by atoms with Gasteiger partial charge in [0.05, 0.1) is 0 Å². The Balaban J connectivity index is 2.18. The second-order valence-electron chi connectivity index (χ2n) is 4.90. The third-order valence-corrected chi connectivity index (χ3v) is 4.13. The average molecular weight is 297 g/mol. The molecule has 1 aliphatic heterocycles. The summed E-state index contributed by atoms with van der Waals surface area (Å²) in [7, 11) is 0. The van der Waals surface area contributed by atoms with Crippen LogP contribution >= 0.6 is 15.9 Å². The molecule has 2 nitrogen and oxygen atoms in total. The summed E-state index contributed by atoms with van der Waals surface area (Å²) in [4.78, 5) is 2.49. The molecule has 1 aliphatic rings. The van der Waals surface area contributed by atoms with Crippen molar-refractivity contribution in [3.05, 3.63) is 28.2 Å². The molecule has 1 saturated heterocycles. The molecule has 1 fully saturated rings. The fourth-order valence-electron chi connectivity index (χ4n) is 2.41. The molecule has 0 bridgehead atoms. The molecule has 2 rings (SSSR count). The number of anilines is 1. The van der Waals surface area contributed by atoms with Crippen LogP contribution < -0.4 is 10.6 Å². The minimum absolute atomic E-state index is 0.0857. The van der Waals surface area contributed by atoms with Gasteiger partial charge in [0.15, 0.2) is 0 Å². The zero-order chi connectivity index (χ0) is 12.3. The van der Waals surface area contributed by atoms with E-state index >= 15 is 0 Å². The largest absolute Gasteiger partial charge is 0.372 e. The fourth-order valence-corrected chi connectivity index (χ4v) is 3.14. The van der Waals surface area contributed by atoms with Crippen molar-refractivity contribution in [3.8, 4) is 0 Å². The Morgan fingerprint density at radius 3 is 2.35 bits per heavy atom. The Kier molecular flexibility index (Phi) is 4.46. The maximum atomic E-state index is 5.92. The second kappa shape index (κ2) is 5.87. The van der Waals surface area contributed by atoms with Crippen LogP contribution in [0.5, 0.6) is 0 Å². The van der Waals surface area contributed by atoms with E-state index in [0.717, 1.165) is 4.47 Å². The molecule has 1 heterocycles. The van der Waals surface area contributed by atoms with E-state index < -0.39 is 0 Å². The van der Waals surface area contributed by atoms with Gasteiger partial charge in [-0.3, -0.25) is 0 Å². The fraction of sp³-hybridized carbons (Fsp3) is 0.571. The van der Waals surface area contributed by atoms with Gasteiger partial charge in [-0.25, -0.2) is 0 Å². The van der Waals surface area contributed by atoms with Gasteiger partial charge in [-0.05, 0) is 37.5 Å². The number of rotatable bonds is 2. The maximum Gasteiger partial charge on any atom is 0.0377 e. The van der Waals surface area contributed by atoms with Gasteiger partial charge in [0.25, 0.3) is 0 Å². The highest BCUT2D eigenvalue weighted by Gasteiger charge is 2.12. The predicted octanol–water partition coefficient (Wildman–Crippen LogP) is 3.85. The van der Waals surface area contributed by atoms with Crippen molar-refractivity contribution >= 4 is 21.6 Å². The van der Waals surface area contributed by atoms with Gasteiger partial charge in [0.2, 0.25) is 0 Å². The quantitative estimate of drug-likeness (QED) is 0.898. The molecule has 0 unspecified atom stereocenters. The molecule has 0 aromatic heterocycles. The Labute approximate surface area is 112 Å². The molecule has 1 aromatic rings. The van der Waals surface area contributed by atoms with E-state index in [1.54, 1.807) is 0 Å². The lowest BCUT2D eigenvalue weighted by atomic mass is 10.1. The lowest BCUT2D eigenvalue weighted by Gasteiger charge is -2.23. The summed E-state index contributed by atoms with van der Waals surface area (Å²) in [6.45, 7) is 4.39. The highest BCUT2D eigenvalue weighted by molar-refractivity contribution is 9.10. The SMILES string of the molecule is C[C@H](N)c1ccc(N2CCCCCC2)cc1Br. The Hall–Kier alpha value is -0.540. The number of nitrogens with two attached hydrogens (primary N) is 1. The lowest BCUT2D eigenvalue weighted by molar-refractivity contribution is 0.726. The van der Waals surface area contributed by atoms with Crippen LogP contribution in [0.3, 0.4) is 0 Å². The predicted molar refractivity (Wildman–Crippen MR) is 77.4 cm³/mol. The van der Waals surface area contributed by atoms with Crippen LogP contribution in [0.2, 0.25) is 0 Å². The molecular weight excluding hydrogens is 276 g/mol. The highest BCUT2D eigenvalue weighted by atomic mass is 79.9. The van der Waals surface area contributed by atoms with Crippen LogP contribution in [0, 0.1) is 0 Å². The minimum atomic E-state index is 0.0857. The smallest absolute Gasteiger partial charge is 0.0377 e. The normalized spacial score (nSPS) is 18.9. The number of benzene rings is 1. The number of halogens is 1. The van der Waals surface area contributed by atoms with Crippen LogP contribution in [-0.2, 0) is 0 Å². The van der Waals surface area contributed by atoms with E-state index in [1.807, 2.05) is 6.92 Å². The van der Waals surface area contributed by atoms with Gasteiger partial charge in [0, 0.05) is 29.3 Å². The molecule has 94 valence electrons. The van der Waals surface area contributed by atoms with Crippen molar-refractivity contribution in [2.24, 2.45) is 5.73 Å². The lowest BCUT2D eigenvalue weighted by Crippen LogP contribution is -2.23. The molecule has 2 N–H and O–H groups in total. The van der Waals surface area contributed by atoms with Crippen LogP contribution in [0.4, 0.5) is 5.69 Å². The molecule has 0 amide bonds. The number of hydrogen-bond donors (Lipinski definition) is 1. The summed E-state index contributed by atoms with van der Waals surface area (Å²) in [6, 6.07) is 6.65. The Morgan fingerprint density at radius 2 is 1.82 bits per heavy atom. The van der Waals surface area contributed by atoms with Gasteiger partial charge in [-0.2, -0.15) is 0 Å². The Morgan fingerprint density at radius 1 is 1.18 bits per heavy atom. The van der Waals surface area contributed by atoms with Crippen LogP contribution in [0.25, 0.3) is 0 Å². The summed E-state index contributed by atoms with van der Waals surface area (Å²) in [5.41, 5.74) is 8.43. The van der Waals surface area contributed by atoms with E-state index in [1.165, 1.54) is 50.0 Å². The topological polar surface area (TPSA) is 29.3 Å². The van der Waals surface area contributed by atoms with E-state index in [2.05, 4.69) is 39.0 Å². The van der Waals surface area contributed by atoms with Gasteiger partial charge in [0.1, 0.15) is 0 Å². The third kappa shape index (κ3) is 3.23. The summed E-state index contributed by atoms with van der Waals surface area (Å²) in [5.74, 6) is 0. The summed E-state index contributed by atoms with van der Waals surface area (Å²) >= 11 is 3.63. The summed E-state index contributed by atoms with van der Waals surface area (Å²) in [6.07, 6.45) is 5.37. The minimum Gasteiger partial charge on any atom is -0.372 e. The van der Waals surface area contributed by atoms with Crippen molar-refractivity contribution < 1.29 is 0 Å². The first kappa shape index (κ1) is 12.9. The van der Waals surface area contributed by atoms with Crippen molar-refractivity contribution in [2.45, 2.75) is 38.6 Å². The molecule has 0 spiro atoms. The third-order valence-electron chi connectivity index (χ3n) is 3.45. The molecule has 0 radical (unpaired) electrons. The zero-order valence-electron chi connectivity index (χ0n) is 10.5. The van der Waals surface area contributed by atoms with E-state index in [0.29, 0.717) is 0 Å². The van der Waals surface area contributed by atoms with E-state index in [4.69, 9.17) is 5.73 Å². The first-order valence-corrected chi connectivity index (χ1v) is 7.28. The van der Waals surface area contributed by atoms with E-state index in [9.17, 15) is 0 Å². The van der Waals surface area contributed by atoms with Crippen molar-refractivity contribution in [3.63, 3.8) is 0 Å². The Bertz CT molecular complexity index is 368. The molecular formula is C14H21BrN2. The molecule has 3 heteroatoms. The van der Waals surface area contributed by atoms with E-state index in [-0.39, 0.29) is 6.04 Å². The molecule has 0 saturated carbocycles. The molecule has 1 aromatic carbocycles. The number of nitrogens with zero attached hydrogens (tertiary/aromatic N) is 1. The van der Waals surface area contributed by atoms with Crippen LogP contribution in [-0.4, -0.2) is 13.1 Å². The van der Waals surface area contributed by atoms with Crippen molar-refractivity contribution in [1.82, 2.24) is 0 Å². The number of hydrogen-bond acceptors (Lipinski definition) is 2. The van der Waals surface area contributed by atoms with Gasteiger partial charge >= 0.3 is 0 Å². The molecule has 1 atom stereocenters. The zero-order valence-corrected chi connectivity index (χ0v) is 12.0. The maximum absolute atomic E-state index is 5.92. The van der Waals surface area contributed by atoms with Crippen molar-refractivity contribution in [1.29, 1.82) is 0 Å². The first-order chi connectivity index (χ1) is 8.18. The van der Waals surface area contributed by atoms with Crippen LogP contribution in [0.1, 0.15) is 44.2 Å². The van der Waals surface area contributed by atoms with Gasteiger partial charge in [-0.15, -0.1) is 0 Å².